The van der Waals surface area contributed by atoms with Gasteiger partial charge in [-0.2, -0.15) is 0 Å². The molecule has 1 aliphatic rings. The largest absolute Gasteiger partial charge is 0.314 e. The van der Waals surface area contributed by atoms with Gasteiger partial charge in [0.25, 0.3) is 0 Å². The number of rotatable bonds is 1. The van der Waals surface area contributed by atoms with Crippen LogP contribution in [-0.2, 0) is 0 Å². The molecule has 0 aromatic rings. The minimum atomic E-state index is 0.778. The van der Waals surface area contributed by atoms with Gasteiger partial charge in [-0.1, -0.05) is 20.8 Å². The summed E-state index contributed by atoms with van der Waals surface area (Å²) in [5, 5.41) is 3.61. The fourth-order valence-corrected chi connectivity index (χ4v) is 1.79. The molecule has 0 radical (unpaired) electrons. The molecule has 1 aliphatic heterocycles. The Bertz CT molecular complexity index is 109. The molecule has 1 nitrogen and oxygen atoms in total. The van der Waals surface area contributed by atoms with Gasteiger partial charge in [-0.05, 0) is 37.6 Å². The van der Waals surface area contributed by atoms with Crippen molar-refractivity contribution in [2.45, 2.75) is 46.1 Å². The molecule has 0 amide bonds. The molecule has 1 rings (SSSR count). The molecule has 66 valence electrons. The van der Waals surface area contributed by atoms with Crippen LogP contribution in [0.2, 0.25) is 0 Å². The molecule has 0 unspecified atom stereocenters. The fourth-order valence-electron chi connectivity index (χ4n) is 1.79. The van der Waals surface area contributed by atoms with E-state index in [4.69, 9.17) is 0 Å². The van der Waals surface area contributed by atoms with Crippen LogP contribution in [0.25, 0.3) is 0 Å². The van der Waals surface area contributed by atoms with E-state index in [1.165, 1.54) is 25.8 Å². The quantitative estimate of drug-likeness (QED) is 0.613. The highest BCUT2D eigenvalue weighted by atomic mass is 14.9. The van der Waals surface area contributed by atoms with E-state index in [9.17, 15) is 0 Å². The first kappa shape index (κ1) is 9.05. The summed E-state index contributed by atoms with van der Waals surface area (Å²) in [7, 11) is 0. The average molecular weight is 155 g/mol. The lowest BCUT2D eigenvalue weighted by Gasteiger charge is -2.19. The first-order valence-electron chi connectivity index (χ1n) is 4.93. The monoisotopic (exact) mass is 155 g/mol. The Morgan fingerprint density at radius 2 is 1.91 bits per heavy atom. The second-order valence-corrected chi connectivity index (χ2v) is 4.28. The summed E-state index contributed by atoms with van der Waals surface area (Å²) in [6, 6.07) is 0.778. The van der Waals surface area contributed by atoms with E-state index in [0.717, 1.165) is 17.9 Å². The van der Waals surface area contributed by atoms with Crippen molar-refractivity contribution in [1.29, 1.82) is 0 Å². The lowest BCUT2D eigenvalue weighted by Crippen LogP contribution is -2.32. The Balaban J connectivity index is 2.34. The van der Waals surface area contributed by atoms with E-state index in [0.29, 0.717) is 0 Å². The molecule has 1 heteroatoms. The van der Waals surface area contributed by atoms with Crippen LogP contribution in [-0.4, -0.2) is 12.6 Å². The van der Waals surface area contributed by atoms with E-state index in [2.05, 4.69) is 26.1 Å². The molecule has 0 aromatic heterocycles. The Morgan fingerprint density at radius 1 is 1.18 bits per heavy atom. The van der Waals surface area contributed by atoms with Gasteiger partial charge in [0, 0.05) is 6.04 Å². The second-order valence-electron chi connectivity index (χ2n) is 4.28. The van der Waals surface area contributed by atoms with Crippen molar-refractivity contribution in [3.8, 4) is 0 Å². The molecule has 0 bridgehead atoms. The molecular weight excluding hydrogens is 134 g/mol. The minimum Gasteiger partial charge on any atom is -0.314 e. The average Bonchev–Trinajstić information content (AvgIpc) is 2.13. The highest BCUT2D eigenvalue weighted by molar-refractivity contribution is 4.75. The number of hydrogen-bond donors (Lipinski definition) is 1. The molecule has 1 heterocycles. The molecule has 0 saturated carbocycles. The van der Waals surface area contributed by atoms with E-state index < -0.39 is 0 Å². The number of hydrogen-bond acceptors (Lipinski definition) is 1. The minimum absolute atomic E-state index is 0.778. The summed E-state index contributed by atoms with van der Waals surface area (Å²) in [5.74, 6) is 1.74. The van der Waals surface area contributed by atoms with Gasteiger partial charge in [-0.3, -0.25) is 0 Å². The Morgan fingerprint density at radius 3 is 2.55 bits per heavy atom. The molecule has 0 aromatic carbocycles. The third-order valence-corrected chi connectivity index (χ3v) is 2.82. The second kappa shape index (κ2) is 4.10. The van der Waals surface area contributed by atoms with Crippen LogP contribution in [0.1, 0.15) is 40.0 Å². The van der Waals surface area contributed by atoms with Gasteiger partial charge in [0.15, 0.2) is 0 Å². The fraction of sp³-hybridized carbons (Fsp3) is 1.00. The predicted molar refractivity (Wildman–Crippen MR) is 49.6 cm³/mol. The van der Waals surface area contributed by atoms with E-state index in [1.54, 1.807) is 0 Å². The van der Waals surface area contributed by atoms with Crippen LogP contribution in [0.15, 0.2) is 0 Å². The van der Waals surface area contributed by atoms with Crippen molar-refractivity contribution < 1.29 is 0 Å². The Kier molecular flexibility index (Phi) is 3.38. The number of nitrogens with one attached hydrogen (secondary N) is 1. The van der Waals surface area contributed by atoms with Crippen LogP contribution in [0.5, 0.6) is 0 Å². The van der Waals surface area contributed by atoms with Gasteiger partial charge < -0.3 is 5.32 Å². The lowest BCUT2D eigenvalue weighted by molar-refractivity contribution is 0.390. The van der Waals surface area contributed by atoms with E-state index >= 15 is 0 Å². The van der Waals surface area contributed by atoms with Crippen molar-refractivity contribution in [3.63, 3.8) is 0 Å². The van der Waals surface area contributed by atoms with E-state index in [1.807, 2.05) is 0 Å². The summed E-state index contributed by atoms with van der Waals surface area (Å²) in [5.41, 5.74) is 0. The third-order valence-electron chi connectivity index (χ3n) is 2.82. The van der Waals surface area contributed by atoms with Gasteiger partial charge in [0.2, 0.25) is 0 Å². The first-order valence-corrected chi connectivity index (χ1v) is 4.93. The van der Waals surface area contributed by atoms with Crippen LogP contribution in [0.4, 0.5) is 0 Å². The molecule has 1 fully saturated rings. The van der Waals surface area contributed by atoms with Crippen LogP contribution in [0.3, 0.4) is 0 Å². The maximum Gasteiger partial charge on any atom is 0.00901 e. The third kappa shape index (κ3) is 2.82. The molecule has 1 saturated heterocycles. The van der Waals surface area contributed by atoms with Crippen LogP contribution in [0, 0.1) is 11.8 Å². The van der Waals surface area contributed by atoms with E-state index in [-0.39, 0.29) is 0 Å². The van der Waals surface area contributed by atoms with Crippen molar-refractivity contribution in [1.82, 2.24) is 5.32 Å². The van der Waals surface area contributed by atoms with Crippen molar-refractivity contribution in [2.24, 2.45) is 11.8 Å². The first-order chi connectivity index (χ1) is 5.20. The predicted octanol–water partition coefficient (Wildman–Crippen LogP) is 2.42. The molecule has 2 atom stereocenters. The maximum atomic E-state index is 3.61. The van der Waals surface area contributed by atoms with Crippen LogP contribution < -0.4 is 5.32 Å². The van der Waals surface area contributed by atoms with Gasteiger partial charge in [-0.15, -0.1) is 0 Å². The maximum absolute atomic E-state index is 3.61. The molecule has 11 heavy (non-hydrogen) atoms. The molecule has 1 N–H and O–H groups in total. The van der Waals surface area contributed by atoms with Gasteiger partial charge in [0.1, 0.15) is 0 Å². The topological polar surface area (TPSA) is 12.0 Å². The summed E-state index contributed by atoms with van der Waals surface area (Å²) < 4.78 is 0. The molecule has 0 spiro atoms. The van der Waals surface area contributed by atoms with Crippen molar-refractivity contribution in [3.05, 3.63) is 0 Å². The lowest BCUT2D eigenvalue weighted by atomic mass is 9.96. The summed E-state index contributed by atoms with van der Waals surface area (Å²) in [6.07, 6.45) is 4.15. The molecular formula is C10H21N. The zero-order chi connectivity index (χ0) is 8.27. The summed E-state index contributed by atoms with van der Waals surface area (Å²) in [4.78, 5) is 0. The Labute approximate surface area is 70.6 Å². The zero-order valence-corrected chi connectivity index (χ0v) is 8.06. The normalized spacial score (nSPS) is 33.8. The zero-order valence-electron chi connectivity index (χ0n) is 8.06. The highest BCUT2D eigenvalue weighted by Crippen LogP contribution is 2.18. The highest BCUT2D eigenvalue weighted by Gasteiger charge is 2.17. The smallest absolute Gasteiger partial charge is 0.00901 e. The SMILES string of the molecule is CC(C)[C@H]1CC[C@H](C)CCN1. The van der Waals surface area contributed by atoms with Gasteiger partial charge in [-0.25, -0.2) is 0 Å². The van der Waals surface area contributed by atoms with Crippen LogP contribution >= 0.6 is 0 Å². The van der Waals surface area contributed by atoms with Crippen molar-refractivity contribution in [2.75, 3.05) is 6.54 Å². The van der Waals surface area contributed by atoms with Gasteiger partial charge >= 0.3 is 0 Å². The standard InChI is InChI=1S/C10H21N/c1-8(2)10-5-4-9(3)6-7-11-10/h8-11H,4-7H2,1-3H3/t9-,10+/m0/s1. The van der Waals surface area contributed by atoms with Crippen molar-refractivity contribution >= 4 is 0 Å². The summed E-state index contributed by atoms with van der Waals surface area (Å²) >= 11 is 0. The molecule has 0 aliphatic carbocycles. The Hall–Kier alpha value is -0.0400. The summed E-state index contributed by atoms with van der Waals surface area (Å²) in [6.45, 7) is 8.22. The van der Waals surface area contributed by atoms with Gasteiger partial charge in [0.05, 0.1) is 0 Å².